The number of carbonyl (C=O) groups is 2. The Morgan fingerprint density at radius 3 is 2.74 bits per heavy atom. The summed E-state index contributed by atoms with van der Waals surface area (Å²) < 4.78 is 0. The molecule has 2 heterocycles. The van der Waals surface area contributed by atoms with Crippen molar-refractivity contribution in [3.8, 4) is 12.3 Å². The highest BCUT2D eigenvalue weighted by atomic mass is 16.2. The summed E-state index contributed by atoms with van der Waals surface area (Å²) in [4.78, 5) is 28.1. The molecular weight excluding hydrogens is 242 g/mol. The Balaban J connectivity index is 2.38. The lowest BCUT2D eigenvalue weighted by molar-refractivity contribution is -0.137. The second kappa shape index (κ2) is 4.86. The van der Waals surface area contributed by atoms with E-state index < -0.39 is 5.54 Å². The molecule has 0 aromatic heterocycles. The number of piperidine rings is 1. The second-order valence-electron chi connectivity index (χ2n) is 5.62. The van der Waals surface area contributed by atoms with E-state index >= 15 is 0 Å². The molecule has 2 rings (SSSR count). The summed E-state index contributed by atoms with van der Waals surface area (Å²) in [6.45, 7) is 5.74. The predicted octanol–water partition coefficient (Wildman–Crippen LogP) is 0.518. The minimum atomic E-state index is -0.769. The summed E-state index contributed by atoms with van der Waals surface area (Å²) in [7, 11) is 2.05. The van der Waals surface area contributed by atoms with E-state index in [4.69, 9.17) is 6.42 Å². The minimum absolute atomic E-state index is 0.0470. The number of terminal acetylenes is 1. The van der Waals surface area contributed by atoms with Crippen LogP contribution in [0.25, 0.3) is 0 Å². The largest absolute Gasteiger partial charge is 0.325 e. The van der Waals surface area contributed by atoms with Crippen molar-refractivity contribution >= 4 is 11.9 Å². The number of carbonyl (C=O) groups excluding carboxylic acids is 2. The van der Waals surface area contributed by atoms with E-state index in [0.717, 1.165) is 19.5 Å². The van der Waals surface area contributed by atoms with Gasteiger partial charge in [0.1, 0.15) is 5.54 Å². The first kappa shape index (κ1) is 13.9. The molecule has 2 fully saturated rings. The van der Waals surface area contributed by atoms with Gasteiger partial charge in [0.05, 0.1) is 6.54 Å². The Kier molecular flexibility index (Phi) is 3.55. The maximum atomic E-state index is 12.7. The molecule has 5 nitrogen and oxygen atoms in total. The smallest absolute Gasteiger partial charge is 0.322 e. The molecule has 104 valence electrons. The monoisotopic (exact) mass is 263 g/mol. The lowest BCUT2D eigenvalue weighted by Gasteiger charge is -2.47. The molecule has 3 amide bonds. The van der Waals surface area contributed by atoms with Gasteiger partial charge in [0.2, 0.25) is 0 Å². The van der Waals surface area contributed by atoms with E-state index in [-0.39, 0.29) is 30.3 Å². The van der Waals surface area contributed by atoms with Gasteiger partial charge >= 0.3 is 6.03 Å². The Hall–Kier alpha value is -1.54. The Labute approximate surface area is 114 Å². The number of hydrogen-bond acceptors (Lipinski definition) is 3. The quantitative estimate of drug-likeness (QED) is 0.583. The molecule has 0 saturated carbocycles. The van der Waals surface area contributed by atoms with Gasteiger partial charge in [-0.2, -0.15) is 0 Å². The number of rotatable bonds is 2. The Morgan fingerprint density at radius 1 is 1.47 bits per heavy atom. The molecule has 0 aromatic rings. The van der Waals surface area contributed by atoms with Crippen LogP contribution in [0, 0.1) is 24.2 Å². The maximum absolute atomic E-state index is 12.7. The highest BCUT2D eigenvalue weighted by Crippen LogP contribution is 2.38. The first-order valence-corrected chi connectivity index (χ1v) is 6.73. The first-order valence-electron chi connectivity index (χ1n) is 6.73. The van der Waals surface area contributed by atoms with Gasteiger partial charge in [-0.05, 0) is 13.5 Å². The average molecular weight is 263 g/mol. The van der Waals surface area contributed by atoms with Crippen LogP contribution < -0.4 is 5.32 Å². The molecule has 2 aliphatic heterocycles. The summed E-state index contributed by atoms with van der Waals surface area (Å²) in [5.74, 6) is 2.44. The lowest BCUT2D eigenvalue weighted by atomic mass is 9.70. The van der Waals surface area contributed by atoms with Crippen LogP contribution in [0.5, 0.6) is 0 Å². The van der Waals surface area contributed by atoms with Gasteiger partial charge in [-0.15, -0.1) is 6.42 Å². The second-order valence-corrected chi connectivity index (χ2v) is 5.62. The molecule has 1 spiro atoms. The lowest BCUT2D eigenvalue weighted by Crippen LogP contribution is -2.65. The van der Waals surface area contributed by atoms with Gasteiger partial charge in [-0.3, -0.25) is 9.69 Å². The van der Waals surface area contributed by atoms with Gasteiger partial charge < -0.3 is 10.2 Å². The van der Waals surface area contributed by atoms with Crippen LogP contribution in [0.3, 0.4) is 0 Å². The van der Waals surface area contributed by atoms with Crippen LogP contribution >= 0.6 is 0 Å². The zero-order valence-corrected chi connectivity index (χ0v) is 11.8. The summed E-state index contributed by atoms with van der Waals surface area (Å²) in [5.41, 5.74) is -0.769. The fourth-order valence-electron chi connectivity index (χ4n) is 3.52. The van der Waals surface area contributed by atoms with E-state index in [1.807, 2.05) is 14.0 Å². The van der Waals surface area contributed by atoms with Gasteiger partial charge in [-0.25, -0.2) is 4.79 Å². The van der Waals surface area contributed by atoms with Gasteiger partial charge in [0, 0.05) is 24.9 Å². The molecule has 3 atom stereocenters. The molecule has 0 aliphatic carbocycles. The Morgan fingerprint density at radius 2 is 2.16 bits per heavy atom. The van der Waals surface area contributed by atoms with Crippen LogP contribution in [0.15, 0.2) is 0 Å². The number of amides is 3. The SMILES string of the molecule is C#CCN1C(=O)NC2(C1=O)C(C)CN(C)CC2CC. The summed E-state index contributed by atoms with van der Waals surface area (Å²) in [6, 6.07) is -0.349. The van der Waals surface area contributed by atoms with E-state index in [2.05, 4.69) is 23.1 Å². The van der Waals surface area contributed by atoms with Crippen molar-refractivity contribution < 1.29 is 9.59 Å². The molecule has 3 unspecified atom stereocenters. The van der Waals surface area contributed by atoms with Crippen LogP contribution in [0.2, 0.25) is 0 Å². The molecular formula is C14H21N3O2. The molecule has 5 heteroatoms. The number of nitrogens with one attached hydrogen (secondary N) is 1. The van der Waals surface area contributed by atoms with Crippen molar-refractivity contribution in [1.82, 2.24) is 15.1 Å². The highest BCUT2D eigenvalue weighted by Gasteiger charge is 2.59. The van der Waals surface area contributed by atoms with Gasteiger partial charge in [-0.1, -0.05) is 19.8 Å². The standard InChI is InChI=1S/C14H21N3O2/c1-5-7-17-12(18)14(15-13(17)19)10(3)8-16(4)9-11(14)6-2/h1,10-11H,6-9H2,2-4H3,(H,15,19). The van der Waals surface area contributed by atoms with Crippen molar-refractivity contribution in [2.45, 2.75) is 25.8 Å². The van der Waals surface area contributed by atoms with Crippen LogP contribution in [0.1, 0.15) is 20.3 Å². The number of likely N-dealkylation sites (tertiary alicyclic amines) is 1. The molecule has 0 bridgehead atoms. The Bertz CT molecular complexity index is 442. The number of hydrogen-bond donors (Lipinski definition) is 1. The molecule has 1 N–H and O–H groups in total. The molecule has 0 radical (unpaired) electrons. The summed E-state index contributed by atoms with van der Waals surface area (Å²) in [6.07, 6.45) is 6.09. The summed E-state index contributed by atoms with van der Waals surface area (Å²) in [5, 5.41) is 2.94. The first-order chi connectivity index (χ1) is 8.97. The number of urea groups is 1. The van der Waals surface area contributed by atoms with Crippen LogP contribution in [0.4, 0.5) is 4.79 Å². The van der Waals surface area contributed by atoms with E-state index in [1.54, 1.807) is 0 Å². The topological polar surface area (TPSA) is 52.7 Å². The van der Waals surface area contributed by atoms with Crippen molar-refractivity contribution in [2.24, 2.45) is 11.8 Å². The van der Waals surface area contributed by atoms with E-state index in [9.17, 15) is 9.59 Å². The van der Waals surface area contributed by atoms with Gasteiger partial charge in [0.15, 0.2) is 0 Å². The van der Waals surface area contributed by atoms with E-state index in [0.29, 0.717) is 0 Å². The average Bonchev–Trinajstić information content (AvgIpc) is 2.60. The number of imide groups is 1. The third kappa shape index (κ3) is 1.91. The molecule has 2 saturated heterocycles. The van der Waals surface area contributed by atoms with Crippen LogP contribution in [-0.2, 0) is 4.79 Å². The maximum Gasteiger partial charge on any atom is 0.325 e. The van der Waals surface area contributed by atoms with Crippen molar-refractivity contribution in [3.05, 3.63) is 0 Å². The fourth-order valence-corrected chi connectivity index (χ4v) is 3.52. The third-order valence-electron chi connectivity index (χ3n) is 4.44. The minimum Gasteiger partial charge on any atom is -0.322 e. The zero-order valence-electron chi connectivity index (χ0n) is 11.8. The van der Waals surface area contributed by atoms with Crippen molar-refractivity contribution in [1.29, 1.82) is 0 Å². The number of nitrogens with zero attached hydrogens (tertiary/aromatic N) is 2. The molecule has 0 aromatic carbocycles. The normalized spacial score (nSPS) is 35.6. The third-order valence-corrected chi connectivity index (χ3v) is 4.44. The molecule has 19 heavy (non-hydrogen) atoms. The highest BCUT2D eigenvalue weighted by molar-refractivity contribution is 6.07. The van der Waals surface area contributed by atoms with Crippen molar-refractivity contribution in [2.75, 3.05) is 26.7 Å². The van der Waals surface area contributed by atoms with Crippen molar-refractivity contribution in [3.63, 3.8) is 0 Å². The molecule has 2 aliphatic rings. The zero-order chi connectivity index (χ0) is 14.2. The van der Waals surface area contributed by atoms with E-state index in [1.165, 1.54) is 4.90 Å². The predicted molar refractivity (Wildman–Crippen MR) is 72.3 cm³/mol. The van der Waals surface area contributed by atoms with Gasteiger partial charge in [0.25, 0.3) is 5.91 Å². The van der Waals surface area contributed by atoms with Crippen LogP contribution in [-0.4, -0.2) is 54.0 Å². The fraction of sp³-hybridized carbons (Fsp3) is 0.714. The summed E-state index contributed by atoms with van der Waals surface area (Å²) >= 11 is 0.